The number of nitrogens with one attached hydrogen (secondary N) is 1. The Morgan fingerprint density at radius 2 is 1.04 bits per heavy atom. The van der Waals surface area contributed by atoms with Crippen molar-refractivity contribution >= 4 is 0 Å². The van der Waals surface area contributed by atoms with Crippen molar-refractivity contribution in [2.24, 2.45) is 5.73 Å². The van der Waals surface area contributed by atoms with Crippen LogP contribution < -0.4 is 10.8 Å². The lowest BCUT2D eigenvalue weighted by Crippen LogP contribution is -3.06. The molecule has 3 nitrogen and oxygen atoms in total. The third kappa shape index (κ3) is 19.5. The van der Waals surface area contributed by atoms with E-state index < -0.39 is 0 Å². The summed E-state index contributed by atoms with van der Waals surface area (Å²) in [6, 6.07) is 0. The molecule has 0 aliphatic rings. The smallest absolute Gasteiger partial charge is 0.0972 e. The first-order chi connectivity index (χ1) is 11.8. The molecule has 0 fully saturated rings. The van der Waals surface area contributed by atoms with E-state index in [1.807, 2.05) is 0 Å². The quantitative estimate of drug-likeness (QED) is 0.254. The second-order valence-electron chi connectivity index (χ2n) is 7.22. The maximum Gasteiger partial charge on any atom is 0.0972 e. The predicted octanol–water partition coefficient (Wildman–Crippen LogP) is 5.10. The number of hydroxylamine groups is 2. The molecule has 0 saturated carbocycles. The van der Waals surface area contributed by atoms with Crippen LogP contribution in [0.4, 0.5) is 0 Å². The van der Waals surface area contributed by atoms with Crippen LogP contribution in [0.1, 0.15) is 110 Å². The molecule has 0 bridgehead atoms. The van der Waals surface area contributed by atoms with E-state index in [9.17, 15) is 5.21 Å². The maximum absolute atomic E-state index is 11.4. The van der Waals surface area contributed by atoms with Crippen molar-refractivity contribution < 1.29 is 5.06 Å². The van der Waals surface area contributed by atoms with Crippen LogP contribution in [0.5, 0.6) is 0 Å². The molecule has 1 atom stereocenters. The lowest BCUT2D eigenvalue weighted by atomic mass is 10.0. The molecule has 0 amide bonds. The Morgan fingerprint density at radius 1 is 0.667 bits per heavy atom. The van der Waals surface area contributed by atoms with E-state index in [4.69, 9.17) is 5.73 Å². The zero-order valence-electron chi connectivity index (χ0n) is 16.4. The second kappa shape index (κ2) is 20.5. The van der Waals surface area contributed by atoms with Crippen molar-refractivity contribution in [3.63, 3.8) is 0 Å². The Bertz CT molecular complexity index is 256. The summed E-state index contributed by atoms with van der Waals surface area (Å²) in [5.74, 6) is 0. The Balaban J connectivity index is 3.05. The molecule has 0 aliphatic heterocycles. The highest BCUT2D eigenvalue weighted by Gasteiger charge is 1.96. The molecule has 0 aliphatic carbocycles. The van der Waals surface area contributed by atoms with Crippen molar-refractivity contribution in [1.82, 2.24) is 0 Å². The highest BCUT2D eigenvalue weighted by Crippen LogP contribution is 2.13. The van der Waals surface area contributed by atoms with Gasteiger partial charge < -0.3 is 16.0 Å². The molecule has 0 aromatic carbocycles. The number of hydrogen-bond donors (Lipinski definition) is 2. The number of nitrogens with two attached hydrogens (primary N) is 1. The van der Waals surface area contributed by atoms with Crippen molar-refractivity contribution in [2.45, 2.75) is 110 Å². The molecule has 0 aromatic heterocycles. The van der Waals surface area contributed by atoms with Crippen molar-refractivity contribution in [2.75, 3.05) is 13.1 Å². The van der Waals surface area contributed by atoms with Crippen molar-refractivity contribution in [1.29, 1.82) is 0 Å². The lowest BCUT2D eigenvalue weighted by molar-refractivity contribution is -0.841. The largest absolute Gasteiger partial charge is 0.634 e. The van der Waals surface area contributed by atoms with Gasteiger partial charge in [0.1, 0.15) is 0 Å². The number of hydrogen-bond acceptors (Lipinski definition) is 2. The minimum Gasteiger partial charge on any atom is -0.634 e. The molecule has 1 unspecified atom stereocenters. The lowest BCUT2D eigenvalue weighted by Gasteiger charge is -2.20. The molecule has 0 aromatic rings. The summed E-state index contributed by atoms with van der Waals surface area (Å²) in [7, 11) is 0. The summed E-state index contributed by atoms with van der Waals surface area (Å²) in [5.41, 5.74) is 5.23. The van der Waals surface area contributed by atoms with Gasteiger partial charge in [0.2, 0.25) is 0 Å². The molecule has 3 heteroatoms. The molecule has 3 N–H and O–H groups in total. The van der Waals surface area contributed by atoms with Gasteiger partial charge in [-0.05, 0) is 25.1 Å². The van der Waals surface area contributed by atoms with Crippen molar-refractivity contribution in [3.05, 3.63) is 17.5 Å². The summed E-state index contributed by atoms with van der Waals surface area (Å²) in [5, 5.41) is 11.8. The molecular formula is C21H44N2O. The first-order valence-corrected chi connectivity index (χ1v) is 10.7. The third-order valence-electron chi connectivity index (χ3n) is 4.79. The maximum atomic E-state index is 11.4. The van der Waals surface area contributed by atoms with Gasteiger partial charge in [-0.2, -0.15) is 0 Å². The summed E-state index contributed by atoms with van der Waals surface area (Å²) in [6.07, 6.45) is 25.2. The van der Waals surface area contributed by atoms with Crippen molar-refractivity contribution in [3.8, 4) is 0 Å². The highest BCUT2D eigenvalue weighted by atomic mass is 16.5. The fraction of sp³-hybridized carbons (Fsp3) is 0.905. The van der Waals surface area contributed by atoms with Gasteiger partial charge in [0.15, 0.2) is 0 Å². The standard InChI is InChI=1S/C21H44N2O/c1-2-3-4-5-6-7-8-9-10-11-12-13-14-15-16-17-20-23(24)21-18-19-22/h18-19,23H,2-17,20-22H2,1H3. The summed E-state index contributed by atoms with van der Waals surface area (Å²) in [4.78, 5) is 0. The minimum atomic E-state index is 0.321. The zero-order chi connectivity index (χ0) is 17.7. The fourth-order valence-corrected chi connectivity index (χ4v) is 3.17. The average Bonchev–Trinajstić information content (AvgIpc) is 2.59. The third-order valence-corrected chi connectivity index (χ3v) is 4.79. The topological polar surface area (TPSA) is 53.5 Å². The van der Waals surface area contributed by atoms with E-state index in [2.05, 4.69) is 6.92 Å². The SMILES string of the molecule is CCCCCCCCCCCCCCCCCC[NH+]([O-])CC=CN. The molecule has 0 rings (SSSR count). The zero-order valence-corrected chi connectivity index (χ0v) is 16.4. The average molecular weight is 341 g/mol. The normalized spacial score (nSPS) is 12.9. The molecule has 0 heterocycles. The van der Waals surface area contributed by atoms with Gasteiger partial charge in [-0.15, -0.1) is 0 Å². The fourth-order valence-electron chi connectivity index (χ4n) is 3.17. The Hall–Kier alpha value is -0.540. The van der Waals surface area contributed by atoms with Gasteiger partial charge in [0, 0.05) is 0 Å². The van der Waals surface area contributed by atoms with Gasteiger partial charge in [0.05, 0.1) is 13.1 Å². The van der Waals surface area contributed by atoms with Gasteiger partial charge in [-0.3, -0.25) is 0 Å². The summed E-state index contributed by atoms with van der Waals surface area (Å²) < 4.78 is 0. The predicted molar refractivity (Wildman–Crippen MR) is 107 cm³/mol. The molecule has 0 saturated heterocycles. The summed E-state index contributed by atoms with van der Waals surface area (Å²) in [6.45, 7) is 3.52. The monoisotopic (exact) mass is 340 g/mol. The number of quaternary nitrogens is 1. The van der Waals surface area contributed by atoms with Gasteiger partial charge >= 0.3 is 0 Å². The number of unbranched alkanes of at least 4 members (excludes halogenated alkanes) is 15. The van der Waals surface area contributed by atoms with E-state index in [0.29, 0.717) is 11.6 Å². The Kier molecular flexibility index (Phi) is 20.0. The van der Waals surface area contributed by atoms with Crippen LogP contribution in [0.15, 0.2) is 12.3 Å². The first-order valence-electron chi connectivity index (χ1n) is 10.7. The highest BCUT2D eigenvalue weighted by molar-refractivity contribution is 4.73. The van der Waals surface area contributed by atoms with Crippen LogP contribution in [-0.4, -0.2) is 13.1 Å². The first kappa shape index (κ1) is 23.5. The van der Waals surface area contributed by atoms with E-state index >= 15 is 0 Å². The van der Waals surface area contributed by atoms with E-state index in [1.54, 1.807) is 6.08 Å². The van der Waals surface area contributed by atoms with Crippen LogP contribution in [-0.2, 0) is 0 Å². The molecule has 24 heavy (non-hydrogen) atoms. The van der Waals surface area contributed by atoms with Crippen LogP contribution in [0.2, 0.25) is 0 Å². The van der Waals surface area contributed by atoms with Gasteiger partial charge in [-0.1, -0.05) is 96.8 Å². The van der Waals surface area contributed by atoms with Crippen LogP contribution in [0, 0.1) is 5.21 Å². The molecule has 144 valence electrons. The van der Waals surface area contributed by atoms with Crippen LogP contribution in [0.25, 0.3) is 0 Å². The second-order valence-corrected chi connectivity index (χ2v) is 7.22. The van der Waals surface area contributed by atoms with Gasteiger partial charge in [-0.25, -0.2) is 0 Å². The molecular weight excluding hydrogens is 296 g/mol. The van der Waals surface area contributed by atoms with Crippen LogP contribution >= 0.6 is 0 Å². The van der Waals surface area contributed by atoms with E-state index in [1.165, 1.54) is 103 Å². The molecule has 0 radical (unpaired) electrons. The summed E-state index contributed by atoms with van der Waals surface area (Å²) >= 11 is 0. The Morgan fingerprint density at radius 3 is 1.42 bits per heavy atom. The van der Waals surface area contributed by atoms with E-state index in [0.717, 1.165) is 13.0 Å². The Labute approximate surface area is 151 Å². The van der Waals surface area contributed by atoms with E-state index in [-0.39, 0.29) is 0 Å². The van der Waals surface area contributed by atoms with Gasteiger partial charge in [0.25, 0.3) is 0 Å². The van der Waals surface area contributed by atoms with Crippen LogP contribution in [0.3, 0.4) is 0 Å². The molecule has 0 spiro atoms. The number of rotatable bonds is 19. The minimum absolute atomic E-state index is 0.321.